The molecule has 3 heterocycles. The average Bonchev–Trinajstić information content (AvgIpc) is 3.40. The van der Waals surface area contributed by atoms with E-state index in [1.807, 2.05) is 47.4 Å². The van der Waals surface area contributed by atoms with Crippen LogP contribution in [0.5, 0.6) is 11.8 Å². The number of likely N-dealkylation sites (tertiary alicyclic amines) is 1. The first-order chi connectivity index (χ1) is 20.5. The Labute approximate surface area is 247 Å². The molecule has 1 aliphatic heterocycles. The number of nitrogens with zero attached hydrogens (tertiary/aromatic N) is 4. The van der Waals surface area contributed by atoms with Crippen LogP contribution >= 0.6 is 0 Å². The van der Waals surface area contributed by atoms with Crippen molar-refractivity contribution in [3.63, 3.8) is 0 Å². The highest BCUT2D eigenvalue weighted by Crippen LogP contribution is 2.32. The first-order valence-electron chi connectivity index (χ1n) is 14.7. The Bertz CT molecular complexity index is 1490. The molecule has 2 aromatic carbocycles. The third kappa shape index (κ3) is 6.74. The maximum Gasteiger partial charge on any atom is 0.224 e. The Balaban J connectivity index is 1.21. The molecule has 1 fully saturated rings. The molecule has 5 rings (SSSR count). The number of aryl methyl sites for hydroxylation is 1. The van der Waals surface area contributed by atoms with Crippen molar-refractivity contribution in [1.29, 1.82) is 0 Å². The molecule has 1 amide bonds. The van der Waals surface area contributed by atoms with E-state index in [2.05, 4.69) is 27.8 Å². The fourth-order valence-corrected chi connectivity index (χ4v) is 5.88. The molecule has 0 spiro atoms. The number of fused-ring (bicyclic) bond motifs is 1. The summed E-state index contributed by atoms with van der Waals surface area (Å²) in [5.74, 6) is 2.39. The Morgan fingerprint density at radius 3 is 2.60 bits per heavy atom. The number of carbonyl (C=O) groups excluding carboxylic acids is 1. The van der Waals surface area contributed by atoms with E-state index < -0.39 is 0 Å². The van der Waals surface area contributed by atoms with E-state index in [0.29, 0.717) is 37.8 Å². The summed E-state index contributed by atoms with van der Waals surface area (Å²) in [6.07, 6.45) is 3.83. The second-order valence-electron chi connectivity index (χ2n) is 10.9. The van der Waals surface area contributed by atoms with E-state index in [1.165, 1.54) is 0 Å². The van der Waals surface area contributed by atoms with Gasteiger partial charge < -0.3 is 29.4 Å². The van der Waals surface area contributed by atoms with Crippen molar-refractivity contribution in [2.24, 2.45) is 5.73 Å². The summed E-state index contributed by atoms with van der Waals surface area (Å²) in [5, 5.41) is 0. The molecular weight excluding hydrogens is 530 g/mol. The summed E-state index contributed by atoms with van der Waals surface area (Å²) < 4.78 is 18.3. The van der Waals surface area contributed by atoms with Gasteiger partial charge in [-0.15, -0.1) is 0 Å². The van der Waals surface area contributed by atoms with Gasteiger partial charge in [0.2, 0.25) is 17.7 Å². The second-order valence-corrected chi connectivity index (χ2v) is 10.9. The van der Waals surface area contributed by atoms with Crippen molar-refractivity contribution in [3.05, 3.63) is 72.1 Å². The van der Waals surface area contributed by atoms with Crippen LogP contribution in [-0.4, -0.2) is 72.4 Å². The van der Waals surface area contributed by atoms with Crippen LogP contribution in [-0.2, 0) is 22.5 Å². The SMILES string of the molecule is COCCCn1c([C@@H]2CCCN(C(=O)C[C@H](N)Cc3ccc(-c4ccc(OC)nc4OC)cc3)C2)nc2ccccc21. The highest BCUT2D eigenvalue weighted by molar-refractivity contribution is 5.78. The lowest BCUT2D eigenvalue weighted by Gasteiger charge is -2.33. The normalized spacial score (nSPS) is 16.0. The van der Waals surface area contributed by atoms with E-state index in [4.69, 9.17) is 24.9 Å². The summed E-state index contributed by atoms with van der Waals surface area (Å²) in [6, 6.07) is 19.9. The average molecular weight is 572 g/mol. The van der Waals surface area contributed by atoms with Gasteiger partial charge in [0, 0.05) is 63.4 Å². The smallest absolute Gasteiger partial charge is 0.224 e. The molecule has 222 valence electrons. The van der Waals surface area contributed by atoms with Crippen LogP contribution < -0.4 is 15.2 Å². The summed E-state index contributed by atoms with van der Waals surface area (Å²) in [5.41, 5.74) is 11.6. The number of hydrogen-bond donors (Lipinski definition) is 1. The highest BCUT2D eigenvalue weighted by Gasteiger charge is 2.29. The van der Waals surface area contributed by atoms with Crippen LogP contribution in [0, 0.1) is 0 Å². The minimum atomic E-state index is -0.264. The quantitative estimate of drug-likeness (QED) is 0.243. The van der Waals surface area contributed by atoms with Gasteiger partial charge in [-0.1, -0.05) is 36.4 Å². The van der Waals surface area contributed by atoms with Gasteiger partial charge >= 0.3 is 0 Å². The van der Waals surface area contributed by atoms with E-state index >= 15 is 0 Å². The number of amides is 1. The number of ether oxygens (including phenoxy) is 3. The van der Waals surface area contributed by atoms with E-state index in [0.717, 1.165) is 65.9 Å². The number of hydrogen-bond acceptors (Lipinski definition) is 7. The molecule has 2 aromatic heterocycles. The lowest BCUT2D eigenvalue weighted by molar-refractivity contribution is -0.132. The lowest BCUT2D eigenvalue weighted by atomic mass is 9.95. The highest BCUT2D eigenvalue weighted by atomic mass is 16.5. The summed E-state index contributed by atoms with van der Waals surface area (Å²) >= 11 is 0. The van der Waals surface area contributed by atoms with Crippen molar-refractivity contribution in [1.82, 2.24) is 19.4 Å². The molecule has 42 heavy (non-hydrogen) atoms. The number of methoxy groups -OCH3 is 3. The number of nitrogens with two attached hydrogens (primary N) is 1. The molecule has 4 aromatic rings. The maximum atomic E-state index is 13.4. The first-order valence-corrected chi connectivity index (χ1v) is 14.7. The minimum absolute atomic E-state index is 0.111. The monoisotopic (exact) mass is 571 g/mol. The zero-order chi connectivity index (χ0) is 29.5. The number of rotatable bonds is 12. The number of benzene rings is 2. The molecule has 2 N–H and O–H groups in total. The topological polar surface area (TPSA) is 105 Å². The largest absolute Gasteiger partial charge is 0.481 e. The first kappa shape index (κ1) is 29.5. The van der Waals surface area contributed by atoms with Gasteiger partial charge in [-0.3, -0.25) is 4.79 Å². The molecule has 9 heteroatoms. The molecular formula is C33H41N5O4. The summed E-state index contributed by atoms with van der Waals surface area (Å²) in [4.78, 5) is 24.8. The van der Waals surface area contributed by atoms with Crippen LogP contribution in [0.2, 0.25) is 0 Å². The van der Waals surface area contributed by atoms with E-state index in [-0.39, 0.29) is 17.9 Å². The van der Waals surface area contributed by atoms with E-state index in [1.54, 1.807) is 21.3 Å². The Morgan fingerprint density at radius 2 is 1.83 bits per heavy atom. The molecule has 1 aliphatic rings. The maximum absolute atomic E-state index is 13.4. The molecule has 9 nitrogen and oxygen atoms in total. The number of para-hydroxylation sites is 2. The van der Waals surface area contributed by atoms with Gasteiger partial charge in [-0.2, -0.15) is 4.98 Å². The minimum Gasteiger partial charge on any atom is -0.481 e. The summed E-state index contributed by atoms with van der Waals surface area (Å²) in [7, 11) is 4.91. The summed E-state index contributed by atoms with van der Waals surface area (Å²) in [6.45, 7) is 2.98. The van der Waals surface area contributed by atoms with Gasteiger partial charge in [0.1, 0.15) is 5.82 Å². The fourth-order valence-electron chi connectivity index (χ4n) is 5.88. The molecule has 0 saturated carbocycles. The Kier molecular flexibility index (Phi) is 9.71. The number of pyridine rings is 1. The van der Waals surface area contributed by atoms with Gasteiger partial charge in [0.05, 0.1) is 25.3 Å². The molecule has 0 aliphatic carbocycles. The van der Waals surface area contributed by atoms with Gasteiger partial charge in [0.15, 0.2) is 0 Å². The Morgan fingerprint density at radius 1 is 1.02 bits per heavy atom. The van der Waals surface area contributed by atoms with Crippen molar-refractivity contribution >= 4 is 16.9 Å². The molecule has 0 unspecified atom stereocenters. The lowest BCUT2D eigenvalue weighted by Crippen LogP contribution is -2.42. The van der Waals surface area contributed by atoms with Gasteiger partial charge in [0.25, 0.3) is 0 Å². The standard InChI is InChI=1S/C33H41N5O4/c1-40-19-7-18-38-29-10-5-4-9-28(29)35-32(38)25-8-6-17-37(22-25)31(39)21-26(34)20-23-11-13-24(14-12-23)27-15-16-30(41-2)36-33(27)42-3/h4-5,9-16,25-26H,6-8,17-22,34H2,1-3H3/t25-,26-/m1/s1. The number of imidazole rings is 1. The third-order valence-corrected chi connectivity index (χ3v) is 7.99. The van der Waals surface area contributed by atoms with Crippen LogP contribution in [0.4, 0.5) is 0 Å². The van der Waals surface area contributed by atoms with Crippen LogP contribution in [0.15, 0.2) is 60.7 Å². The number of carbonyl (C=O) groups is 1. The predicted octanol–water partition coefficient (Wildman–Crippen LogP) is 4.82. The number of aromatic nitrogens is 3. The van der Waals surface area contributed by atoms with E-state index in [9.17, 15) is 4.79 Å². The van der Waals surface area contributed by atoms with Crippen molar-refractivity contribution in [3.8, 4) is 22.9 Å². The zero-order valence-electron chi connectivity index (χ0n) is 24.8. The molecule has 0 bridgehead atoms. The van der Waals surface area contributed by atoms with Gasteiger partial charge in [-0.25, -0.2) is 4.98 Å². The van der Waals surface area contributed by atoms with Gasteiger partial charge in [-0.05, 0) is 55.0 Å². The Hall–Kier alpha value is -3.95. The molecule has 0 radical (unpaired) electrons. The van der Waals surface area contributed by atoms with Crippen LogP contribution in [0.1, 0.15) is 43.0 Å². The molecule has 1 saturated heterocycles. The van der Waals surface area contributed by atoms with Crippen LogP contribution in [0.3, 0.4) is 0 Å². The number of piperidine rings is 1. The zero-order valence-corrected chi connectivity index (χ0v) is 24.8. The van der Waals surface area contributed by atoms with Crippen molar-refractivity contribution in [2.45, 2.75) is 50.6 Å². The third-order valence-electron chi connectivity index (χ3n) is 7.99. The second kappa shape index (κ2) is 13.8. The predicted molar refractivity (Wildman–Crippen MR) is 164 cm³/mol. The van der Waals surface area contributed by atoms with Crippen LogP contribution in [0.25, 0.3) is 22.2 Å². The fraction of sp³-hybridized carbons (Fsp3) is 0.424. The van der Waals surface area contributed by atoms with Crippen molar-refractivity contribution < 1.29 is 19.0 Å². The van der Waals surface area contributed by atoms with Crippen molar-refractivity contribution in [2.75, 3.05) is 41.0 Å². The molecule has 2 atom stereocenters.